The number of nitrogens with zero attached hydrogens (tertiary/aromatic N) is 1. The van der Waals surface area contributed by atoms with Gasteiger partial charge >= 0.3 is 0 Å². The number of benzene rings is 2. The number of hydrogen-bond acceptors (Lipinski definition) is 4. The van der Waals surface area contributed by atoms with Crippen molar-refractivity contribution in [1.29, 1.82) is 0 Å². The first-order valence-corrected chi connectivity index (χ1v) is 7.31. The van der Waals surface area contributed by atoms with Crippen LogP contribution >= 0.6 is 0 Å². The fourth-order valence-electron chi connectivity index (χ4n) is 2.08. The van der Waals surface area contributed by atoms with Gasteiger partial charge in [-0.3, -0.25) is 4.79 Å². The van der Waals surface area contributed by atoms with Crippen molar-refractivity contribution in [2.45, 2.75) is 0 Å². The summed E-state index contributed by atoms with van der Waals surface area (Å²) in [6.45, 7) is 0.709. The molecule has 1 heterocycles. The van der Waals surface area contributed by atoms with Crippen molar-refractivity contribution in [2.24, 2.45) is 0 Å². The van der Waals surface area contributed by atoms with E-state index in [2.05, 4.69) is 10.5 Å². The molecule has 0 unspecified atom stereocenters. The molecule has 5 heteroatoms. The highest BCUT2D eigenvalue weighted by molar-refractivity contribution is 5.94. The number of carbonyl (C=O) groups is 1. The van der Waals surface area contributed by atoms with E-state index in [-0.39, 0.29) is 5.91 Å². The summed E-state index contributed by atoms with van der Waals surface area (Å²) in [4.78, 5) is 11.8. The molecule has 0 fully saturated rings. The van der Waals surface area contributed by atoms with Crippen molar-refractivity contribution in [3.63, 3.8) is 0 Å². The predicted molar refractivity (Wildman–Crippen MR) is 86.2 cm³/mol. The Morgan fingerprint density at radius 2 is 1.74 bits per heavy atom. The molecule has 1 aromatic heterocycles. The van der Waals surface area contributed by atoms with Crippen LogP contribution in [0.5, 0.6) is 5.88 Å². The molecular weight excluding hydrogens is 292 g/mol. The molecule has 0 aliphatic rings. The van der Waals surface area contributed by atoms with Crippen molar-refractivity contribution in [3.05, 3.63) is 72.3 Å². The van der Waals surface area contributed by atoms with E-state index in [0.717, 1.165) is 5.56 Å². The summed E-state index contributed by atoms with van der Waals surface area (Å²) in [7, 11) is 0. The standard InChI is InChI=1S/C18H16N2O3/c21-18(15-9-5-2-6-10-15)19-11-12-22-17-13-16(23-20-17)14-7-3-1-4-8-14/h1-10,13H,11-12H2,(H,19,21). The van der Waals surface area contributed by atoms with Gasteiger partial charge in [-0.15, -0.1) is 0 Å². The van der Waals surface area contributed by atoms with E-state index in [0.29, 0.717) is 30.4 Å². The molecule has 3 aromatic rings. The number of carbonyl (C=O) groups excluding carboxylic acids is 1. The first kappa shape index (κ1) is 14.8. The van der Waals surface area contributed by atoms with Crippen molar-refractivity contribution in [3.8, 4) is 17.2 Å². The lowest BCUT2D eigenvalue weighted by atomic mass is 10.2. The fraction of sp³-hybridized carbons (Fsp3) is 0.111. The van der Waals surface area contributed by atoms with Crippen molar-refractivity contribution < 1.29 is 14.1 Å². The zero-order chi connectivity index (χ0) is 15.9. The second kappa shape index (κ2) is 7.26. The Labute approximate surface area is 133 Å². The maximum atomic E-state index is 11.8. The Bertz CT molecular complexity index is 754. The highest BCUT2D eigenvalue weighted by Gasteiger charge is 2.07. The topological polar surface area (TPSA) is 64.4 Å². The Morgan fingerprint density at radius 3 is 2.48 bits per heavy atom. The molecular formula is C18H16N2O3. The van der Waals surface area contributed by atoms with Gasteiger partial charge in [-0.1, -0.05) is 48.5 Å². The predicted octanol–water partition coefficient (Wildman–Crippen LogP) is 3.15. The van der Waals surface area contributed by atoms with Crippen molar-refractivity contribution in [1.82, 2.24) is 10.5 Å². The molecule has 0 saturated heterocycles. The molecule has 0 radical (unpaired) electrons. The second-order valence-electron chi connectivity index (χ2n) is 4.87. The Hall–Kier alpha value is -3.08. The van der Waals surface area contributed by atoms with Gasteiger partial charge in [0.05, 0.1) is 6.54 Å². The summed E-state index contributed by atoms with van der Waals surface area (Å²) in [6, 6.07) is 20.4. The van der Waals surface area contributed by atoms with Crippen LogP contribution in [0.25, 0.3) is 11.3 Å². The number of aromatic nitrogens is 1. The molecule has 3 rings (SSSR count). The highest BCUT2D eigenvalue weighted by atomic mass is 16.5. The van der Waals surface area contributed by atoms with Crippen molar-refractivity contribution >= 4 is 5.91 Å². The molecule has 0 spiro atoms. The van der Waals surface area contributed by atoms with Crippen LogP contribution in [0.3, 0.4) is 0 Å². The molecule has 0 aliphatic carbocycles. The zero-order valence-corrected chi connectivity index (χ0v) is 12.4. The number of amides is 1. The molecule has 0 bridgehead atoms. The van der Waals surface area contributed by atoms with Crippen LogP contribution < -0.4 is 10.1 Å². The van der Waals surface area contributed by atoms with E-state index in [1.165, 1.54) is 0 Å². The summed E-state index contributed by atoms with van der Waals surface area (Å²) < 4.78 is 10.7. The minimum atomic E-state index is -0.126. The third kappa shape index (κ3) is 3.97. The number of ether oxygens (including phenoxy) is 1. The highest BCUT2D eigenvalue weighted by Crippen LogP contribution is 2.22. The fourth-order valence-corrected chi connectivity index (χ4v) is 2.08. The van der Waals surface area contributed by atoms with Crippen molar-refractivity contribution in [2.75, 3.05) is 13.2 Å². The molecule has 1 amide bonds. The summed E-state index contributed by atoms with van der Waals surface area (Å²) in [5.74, 6) is 0.922. The third-order valence-corrected chi connectivity index (χ3v) is 3.22. The Morgan fingerprint density at radius 1 is 1.04 bits per heavy atom. The van der Waals surface area contributed by atoms with Crippen LogP contribution in [0.1, 0.15) is 10.4 Å². The summed E-state index contributed by atoms with van der Waals surface area (Å²) in [5, 5.41) is 6.64. The van der Waals surface area contributed by atoms with E-state index in [9.17, 15) is 4.79 Å². The maximum Gasteiger partial charge on any atom is 0.254 e. The van der Waals surface area contributed by atoms with Crippen LogP contribution in [0.4, 0.5) is 0 Å². The number of rotatable bonds is 6. The van der Waals surface area contributed by atoms with Crippen LogP contribution in [0, 0.1) is 0 Å². The van der Waals surface area contributed by atoms with Gasteiger partial charge in [-0.2, -0.15) is 0 Å². The molecule has 116 valence electrons. The average molecular weight is 308 g/mol. The minimum Gasteiger partial charge on any atom is -0.474 e. The molecule has 2 aromatic carbocycles. The Balaban J connectivity index is 1.46. The van der Waals surface area contributed by atoms with Gasteiger partial charge in [0.25, 0.3) is 11.8 Å². The normalized spacial score (nSPS) is 10.3. The minimum absolute atomic E-state index is 0.126. The van der Waals surface area contributed by atoms with Gasteiger partial charge in [0.15, 0.2) is 5.76 Å². The lowest BCUT2D eigenvalue weighted by molar-refractivity contribution is 0.0946. The van der Waals surface area contributed by atoms with E-state index in [4.69, 9.17) is 9.26 Å². The molecule has 0 saturated carbocycles. The number of nitrogens with one attached hydrogen (secondary N) is 1. The molecule has 5 nitrogen and oxygen atoms in total. The molecule has 0 atom stereocenters. The monoisotopic (exact) mass is 308 g/mol. The average Bonchev–Trinajstić information content (AvgIpc) is 3.09. The van der Waals surface area contributed by atoms with Gasteiger partial charge in [-0.05, 0) is 17.3 Å². The second-order valence-corrected chi connectivity index (χ2v) is 4.87. The number of hydrogen-bond donors (Lipinski definition) is 1. The van der Waals surface area contributed by atoms with Gasteiger partial charge in [0.2, 0.25) is 0 Å². The van der Waals surface area contributed by atoms with Gasteiger partial charge in [0.1, 0.15) is 6.61 Å². The van der Waals surface area contributed by atoms with Crippen LogP contribution in [-0.2, 0) is 0 Å². The van der Waals surface area contributed by atoms with Crippen LogP contribution in [0.2, 0.25) is 0 Å². The molecule has 23 heavy (non-hydrogen) atoms. The molecule has 1 N–H and O–H groups in total. The largest absolute Gasteiger partial charge is 0.474 e. The summed E-state index contributed by atoms with van der Waals surface area (Å²) in [5.41, 5.74) is 1.56. The Kier molecular flexibility index (Phi) is 4.69. The first-order valence-electron chi connectivity index (χ1n) is 7.31. The smallest absolute Gasteiger partial charge is 0.254 e. The van der Waals surface area contributed by atoms with E-state index in [1.807, 2.05) is 48.5 Å². The van der Waals surface area contributed by atoms with E-state index < -0.39 is 0 Å². The summed E-state index contributed by atoms with van der Waals surface area (Å²) in [6.07, 6.45) is 0. The van der Waals surface area contributed by atoms with Crippen LogP contribution in [0.15, 0.2) is 71.3 Å². The van der Waals surface area contributed by atoms with Crippen LogP contribution in [-0.4, -0.2) is 24.2 Å². The molecule has 0 aliphatic heterocycles. The first-order chi connectivity index (χ1) is 11.3. The van der Waals surface area contributed by atoms with Gasteiger partial charge in [0, 0.05) is 17.2 Å². The van der Waals surface area contributed by atoms with E-state index in [1.54, 1.807) is 18.2 Å². The van der Waals surface area contributed by atoms with E-state index >= 15 is 0 Å². The third-order valence-electron chi connectivity index (χ3n) is 3.22. The zero-order valence-electron chi connectivity index (χ0n) is 12.4. The summed E-state index contributed by atoms with van der Waals surface area (Å²) >= 11 is 0. The van der Waals surface area contributed by atoms with Gasteiger partial charge in [-0.25, -0.2) is 0 Å². The maximum absolute atomic E-state index is 11.8. The lowest BCUT2D eigenvalue weighted by Crippen LogP contribution is -2.28. The SMILES string of the molecule is O=C(NCCOc1cc(-c2ccccc2)on1)c1ccccc1. The lowest BCUT2D eigenvalue weighted by Gasteiger charge is -2.05. The quantitative estimate of drug-likeness (QED) is 0.710. The van der Waals surface area contributed by atoms with Gasteiger partial charge < -0.3 is 14.6 Å².